The highest BCUT2D eigenvalue weighted by molar-refractivity contribution is 7.09. The van der Waals surface area contributed by atoms with Crippen molar-refractivity contribution in [3.63, 3.8) is 0 Å². The van der Waals surface area contributed by atoms with E-state index >= 15 is 0 Å². The van der Waals surface area contributed by atoms with E-state index in [1.807, 2.05) is 30.5 Å². The van der Waals surface area contributed by atoms with Crippen LogP contribution in [0.5, 0.6) is 0 Å². The van der Waals surface area contributed by atoms with Crippen molar-refractivity contribution in [2.24, 2.45) is 0 Å². The van der Waals surface area contributed by atoms with Crippen LogP contribution in [0, 0.1) is 6.92 Å². The largest absolute Gasteiger partial charge is 0.349 e. The van der Waals surface area contributed by atoms with E-state index in [-0.39, 0.29) is 17.5 Å². The SMILES string of the molecule is Cc1nc2ccn(Cc3cccs3)c(=O)c2cc1C(=O)NC1CCCC1. The van der Waals surface area contributed by atoms with Crippen molar-refractivity contribution >= 4 is 28.1 Å². The minimum absolute atomic E-state index is 0.113. The zero-order chi connectivity index (χ0) is 18.1. The Morgan fingerprint density at radius 2 is 2.15 bits per heavy atom. The highest BCUT2D eigenvalue weighted by Gasteiger charge is 2.20. The molecule has 3 aromatic rings. The van der Waals surface area contributed by atoms with Gasteiger partial charge in [-0.1, -0.05) is 18.9 Å². The number of nitrogens with one attached hydrogen (secondary N) is 1. The lowest BCUT2D eigenvalue weighted by Crippen LogP contribution is -2.33. The Morgan fingerprint density at radius 1 is 1.35 bits per heavy atom. The summed E-state index contributed by atoms with van der Waals surface area (Å²) in [6.45, 7) is 2.35. The van der Waals surface area contributed by atoms with Gasteiger partial charge in [0.2, 0.25) is 0 Å². The summed E-state index contributed by atoms with van der Waals surface area (Å²) in [6, 6.07) is 7.77. The maximum Gasteiger partial charge on any atom is 0.260 e. The number of carbonyl (C=O) groups excluding carboxylic acids is 1. The molecule has 1 saturated carbocycles. The van der Waals surface area contributed by atoms with Gasteiger partial charge in [-0.2, -0.15) is 0 Å². The van der Waals surface area contributed by atoms with E-state index in [0.29, 0.717) is 28.7 Å². The van der Waals surface area contributed by atoms with Gasteiger partial charge < -0.3 is 9.88 Å². The van der Waals surface area contributed by atoms with Crippen molar-refractivity contribution in [3.8, 4) is 0 Å². The Balaban J connectivity index is 1.70. The van der Waals surface area contributed by atoms with Gasteiger partial charge in [0.1, 0.15) is 0 Å². The van der Waals surface area contributed by atoms with Crippen molar-refractivity contribution in [1.29, 1.82) is 0 Å². The number of pyridine rings is 2. The van der Waals surface area contributed by atoms with Crippen molar-refractivity contribution < 1.29 is 4.79 Å². The number of rotatable bonds is 4. The molecule has 0 saturated heterocycles. The van der Waals surface area contributed by atoms with E-state index in [4.69, 9.17) is 0 Å². The Kier molecular flexibility index (Phi) is 4.59. The Hall–Kier alpha value is -2.47. The molecule has 4 rings (SSSR count). The first kappa shape index (κ1) is 17.0. The van der Waals surface area contributed by atoms with Crippen LogP contribution < -0.4 is 10.9 Å². The molecule has 1 fully saturated rings. The number of amides is 1. The molecular weight excluding hydrogens is 346 g/mol. The molecule has 0 aliphatic heterocycles. The Labute approximate surface area is 155 Å². The first-order valence-electron chi connectivity index (χ1n) is 8.96. The molecule has 3 heterocycles. The van der Waals surface area contributed by atoms with Crippen LogP contribution in [0.25, 0.3) is 10.9 Å². The number of hydrogen-bond acceptors (Lipinski definition) is 4. The van der Waals surface area contributed by atoms with Gasteiger partial charge >= 0.3 is 0 Å². The lowest BCUT2D eigenvalue weighted by Gasteiger charge is -2.14. The maximum atomic E-state index is 12.9. The molecule has 1 amide bonds. The summed E-state index contributed by atoms with van der Waals surface area (Å²) in [7, 11) is 0. The predicted octanol–water partition coefficient (Wildman–Crippen LogP) is 3.49. The first-order chi connectivity index (χ1) is 12.6. The number of aromatic nitrogens is 2. The van der Waals surface area contributed by atoms with Crippen LogP contribution in [0.15, 0.2) is 40.6 Å². The summed E-state index contributed by atoms with van der Waals surface area (Å²) in [5.74, 6) is -0.128. The lowest BCUT2D eigenvalue weighted by molar-refractivity contribution is 0.0937. The fourth-order valence-electron chi connectivity index (χ4n) is 3.56. The summed E-state index contributed by atoms with van der Waals surface area (Å²) in [6.07, 6.45) is 6.15. The molecular formula is C20H21N3O2S. The zero-order valence-electron chi connectivity index (χ0n) is 14.7. The molecule has 26 heavy (non-hydrogen) atoms. The number of nitrogens with zero attached hydrogens (tertiary/aromatic N) is 2. The normalized spacial score (nSPS) is 14.8. The van der Waals surface area contributed by atoms with E-state index in [9.17, 15) is 9.59 Å². The molecule has 0 radical (unpaired) electrons. The summed E-state index contributed by atoms with van der Waals surface area (Å²) in [5.41, 5.74) is 1.67. The quantitative estimate of drug-likeness (QED) is 0.768. The molecule has 0 atom stereocenters. The molecule has 0 bridgehead atoms. The molecule has 1 aliphatic rings. The van der Waals surface area contributed by atoms with Gasteiger partial charge in [0.25, 0.3) is 11.5 Å². The van der Waals surface area contributed by atoms with Gasteiger partial charge in [-0.15, -0.1) is 11.3 Å². The second-order valence-corrected chi connectivity index (χ2v) is 7.87. The molecule has 0 spiro atoms. The van der Waals surface area contributed by atoms with Crippen molar-refractivity contribution in [3.05, 3.63) is 62.3 Å². The molecule has 0 aromatic carbocycles. The molecule has 134 valence electrons. The average molecular weight is 367 g/mol. The second-order valence-electron chi connectivity index (χ2n) is 6.84. The fourth-order valence-corrected chi connectivity index (χ4v) is 4.27. The molecule has 5 nitrogen and oxygen atoms in total. The minimum atomic E-state index is -0.128. The van der Waals surface area contributed by atoms with Gasteiger partial charge in [0.15, 0.2) is 0 Å². The first-order valence-corrected chi connectivity index (χ1v) is 9.84. The monoisotopic (exact) mass is 367 g/mol. The summed E-state index contributed by atoms with van der Waals surface area (Å²) in [5, 5.41) is 5.57. The van der Waals surface area contributed by atoms with Crippen LogP contribution in [0.1, 0.15) is 46.6 Å². The average Bonchev–Trinajstić information content (AvgIpc) is 3.31. The lowest BCUT2D eigenvalue weighted by atomic mass is 10.1. The van der Waals surface area contributed by atoms with Crippen molar-refractivity contribution in [1.82, 2.24) is 14.9 Å². The molecule has 1 aliphatic carbocycles. The van der Waals surface area contributed by atoms with E-state index < -0.39 is 0 Å². The maximum absolute atomic E-state index is 12.9. The van der Waals surface area contributed by atoms with E-state index in [1.165, 1.54) is 0 Å². The molecule has 3 aromatic heterocycles. The summed E-state index contributed by atoms with van der Waals surface area (Å²) >= 11 is 1.62. The Bertz CT molecular complexity index is 1000. The predicted molar refractivity (Wildman–Crippen MR) is 104 cm³/mol. The van der Waals surface area contributed by atoms with Crippen molar-refractivity contribution in [2.75, 3.05) is 0 Å². The fraction of sp³-hybridized carbons (Fsp3) is 0.350. The molecule has 0 unspecified atom stereocenters. The summed E-state index contributed by atoms with van der Waals surface area (Å²) in [4.78, 5) is 31.2. The topological polar surface area (TPSA) is 64.0 Å². The van der Waals surface area contributed by atoms with E-state index in [2.05, 4.69) is 10.3 Å². The van der Waals surface area contributed by atoms with Gasteiger partial charge in [0, 0.05) is 17.1 Å². The van der Waals surface area contributed by atoms with Crippen LogP contribution in [-0.4, -0.2) is 21.5 Å². The Morgan fingerprint density at radius 3 is 2.88 bits per heavy atom. The second kappa shape index (κ2) is 7.03. The standard InChI is InChI=1S/C20H21N3O2S/c1-13-16(19(24)22-14-5-2-3-6-14)11-17-18(21-13)8-9-23(20(17)25)12-15-7-4-10-26-15/h4,7-11,14H,2-3,5-6,12H2,1H3,(H,22,24). The van der Waals surface area contributed by atoms with Gasteiger partial charge in [0.05, 0.1) is 28.7 Å². The number of hydrogen-bond donors (Lipinski definition) is 1. The third-order valence-corrected chi connectivity index (χ3v) is 5.85. The highest BCUT2D eigenvalue weighted by Crippen LogP contribution is 2.20. The van der Waals surface area contributed by atoms with Crippen LogP contribution in [0.2, 0.25) is 0 Å². The van der Waals surface area contributed by atoms with Crippen molar-refractivity contribution in [2.45, 2.75) is 45.2 Å². The third kappa shape index (κ3) is 3.29. The smallest absolute Gasteiger partial charge is 0.260 e. The van der Waals surface area contributed by atoms with E-state index in [1.54, 1.807) is 28.2 Å². The van der Waals surface area contributed by atoms with Gasteiger partial charge in [-0.25, -0.2) is 0 Å². The van der Waals surface area contributed by atoms with Gasteiger partial charge in [-0.3, -0.25) is 14.6 Å². The number of fused-ring (bicyclic) bond motifs is 1. The number of carbonyl (C=O) groups is 1. The molecule has 6 heteroatoms. The highest BCUT2D eigenvalue weighted by atomic mass is 32.1. The number of aryl methyl sites for hydroxylation is 1. The van der Waals surface area contributed by atoms with Crippen LogP contribution in [0.4, 0.5) is 0 Å². The minimum Gasteiger partial charge on any atom is -0.349 e. The molecule has 1 N–H and O–H groups in total. The third-order valence-electron chi connectivity index (χ3n) is 4.99. The van der Waals surface area contributed by atoms with Gasteiger partial charge in [-0.05, 0) is 43.3 Å². The van der Waals surface area contributed by atoms with Crippen LogP contribution in [0.3, 0.4) is 0 Å². The van der Waals surface area contributed by atoms with E-state index in [0.717, 1.165) is 30.6 Å². The number of thiophene rings is 1. The van der Waals surface area contributed by atoms with Crippen LogP contribution in [-0.2, 0) is 6.54 Å². The zero-order valence-corrected chi connectivity index (χ0v) is 15.5. The van der Waals surface area contributed by atoms with Crippen LogP contribution >= 0.6 is 11.3 Å². The summed E-state index contributed by atoms with van der Waals surface area (Å²) < 4.78 is 1.67.